The Labute approximate surface area is 159 Å². The van der Waals surface area contributed by atoms with Crippen molar-refractivity contribution in [1.29, 1.82) is 0 Å². The molecule has 11 heteroatoms. The van der Waals surface area contributed by atoms with Crippen LogP contribution in [-0.4, -0.2) is 62.0 Å². The summed E-state index contributed by atoms with van der Waals surface area (Å²) in [5.41, 5.74) is 0.105. The second-order valence-electron chi connectivity index (χ2n) is 5.88. The molecule has 0 radical (unpaired) electrons. The molecule has 150 valence electrons. The molecule has 3 rings (SSSR count). The maximum absolute atomic E-state index is 12.6. The number of hydroxylamine groups is 2. The zero-order chi connectivity index (χ0) is 20.3. The van der Waals surface area contributed by atoms with Crippen LogP contribution in [0, 0.1) is 0 Å². The van der Waals surface area contributed by atoms with Crippen molar-refractivity contribution >= 4 is 23.8 Å². The molecule has 1 aromatic rings. The summed E-state index contributed by atoms with van der Waals surface area (Å²) < 4.78 is 15.1. The molecule has 2 heterocycles. The lowest BCUT2D eigenvalue weighted by molar-refractivity contribution is -0.306. The first kappa shape index (κ1) is 19.4. The van der Waals surface area contributed by atoms with Gasteiger partial charge in [-0.05, 0) is 17.4 Å². The molecule has 0 saturated carbocycles. The fourth-order valence-corrected chi connectivity index (χ4v) is 2.72. The highest BCUT2D eigenvalue weighted by Crippen LogP contribution is 2.28. The van der Waals surface area contributed by atoms with Crippen LogP contribution >= 0.6 is 0 Å². The molecule has 1 N–H and O–H groups in total. The summed E-state index contributed by atoms with van der Waals surface area (Å²) in [7, 11) is 2.79. The van der Waals surface area contributed by atoms with Crippen molar-refractivity contribution in [3.8, 4) is 11.5 Å². The number of nitrogens with one attached hydrogen (secondary N) is 1. The molecule has 28 heavy (non-hydrogen) atoms. The van der Waals surface area contributed by atoms with Gasteiger partial charge in [-0.15, -0.1) is 0 Å². The number of cyclic esters (lactones) is 1. The van der Waals surface area contributed by atoms with Crippen LogP contribution in [0.2, 0.25) is 0 Å². The number of esters is 1. The van der Waals surface area contributed by atoms with Gasteiger partial charge in [0.1, 0.15) is 29.7 Å². The number of methoxy groups -OCH3 is 2. The normalized spacial score (nSPS) is 21.3. The maximum atomic E-state index is 12.6. The van der Waals surface area contributed by atoms with Gasteiger partial charge in [0.15, 0.2) is 0 Å². The van der Waals surface area contributed by atoms with Crippen LogP contribution in [-0.2, 0) is 28.8 Å². The van der Waals surface area contributed by atoms with Gasteiger partial charge in [0.05, 0.1) is 14.2 Å². The number of ether oxygens (including phenoxy) is 3. The average molecular weight is 394 g/mol. The van der Waals surface area contributed by atoms with E-state index in [1.54, 1.807) is 18.2 Å². The third-order valence-corrected chi connectivity index (χ3v) is 4.12. The molecule has 2 aliphatic rings. The Balaban J connectivity index is 1.63. The number of rotatable bonds is 6. The van der Waals surface area contributed by atoms with E-state index >= 15 is 0 Å². The van der Waals surface area contributed by atoms with E-state index < -0.39 is 35.9 Å². The fourth-order valence-electron chi connectivity index (χ4n) is 2.72. The number of nitrogens with zero attached hydrogens (tertiary/aromatic N) is 1. The van der Waals surface area contributed by atoms with E-state index in [0.717, 1.165) is 0 Å². The van der Waals surface area contributed by atoms with Crippen LogP contribution in [0.5, 0.6) is 11.5 Å². The Hall–Kier alpha value is -3.34. The van der Waals surface area contributed by atoms with Crippen molar-refractivity contribution in [2.75, 3.05) is 20.8 Å². The van der Waals surface area contributed by atoms with Crippen LogP contribution < -0.4 is 14.8 Å². The Morgan fingerprint density at radius 2 is 1.86 bits per heavy atom. The standard InChI is InChI=1S/C17H18N2O9/c1-24-10-4-3-5-11(25-2)14(10)15(21)18-9-8-26-19(16(9)22)28-17(23)12-6-7-13(20)27-12/h3-5,9,12H,6-8H2,1-2H3,(H,18,21)/t9-,12?/m0/s1. The van der Waals surface area contributed by atoms with Crippen LogP contribution in [0.1, 0.15) is 23.2 Å². The van der Waals surface area contributed by atoms with E-state index in [4.69, 9.17) is 23.9 Å². The first-order valence-corrected chi connectivity index (χ1v) is 8.34. The molecule has 11 nitrogen and oxygen atoms in total. The van der Waals surface area contributed by atoms with Crippen molar-refractivity contribution in [3.63, 3.8) is 0 Å². The van der Waals surface area contributed by atoms with Crippen molar-refractivity contribution in [1.82, 2.24) is 10.5 Å². The van der Waals surface area contributed by atoms with E-state index in [1.165, 1.54) is 14.2 Å². The maximum Gasteiger partial charge on any atom is 0.375 e. The highest BCUT2D eigenvalue weighted by Gasteiger charge is 2.41. The zero-order valence-electron chi connectivity index (χ0n) is 15.1. The number of hydrogen-bond donors (Lipinski definition) is 1. The smallest absolute Gasteiger partial charge is 0.375 e. The van der Waals surface area contributed by atoms with Crippen molar-refractivity contribution in [2.24, 2.45) is 0 Å². The molecular formula is C17H18N2O9. The first-order valence-electron chi connectivity index (χ1n) is 8.34. The predicted octanol–water partition coefficient (Wildman–Crippen LogP) is -0.260. The highest BCUT2D eigenvalue weighted by molar-refractivity contribution is 6.02. The van der Waals surface area contributed by atoms with Gasteiger partial charge in [0, 0.05) is 12.8 Å². The van der Waals surface area contributed by atoms with Crippen molar-refractivity contribution in [3.05, 3.63) is 23.8 Å². The Morgan fingerprint density at radius 3 is 2.43 bits per heavy atom. The van der Waals surface area contributed by atoms with Gasteiger partial charge < -0.3 is 24.4 Å². The van der Waals surface area contributed by atoms with Gasteiger partial charge in [-0.1, -0.05) is 6.07 Å². The van der Waals surface area contributed by atoms with Gasteiger partial charge in [0.25, 0.3) is 5.91 Å². The molecule has 1 aromatic carbocycles. The monoisotopic (exact) mass is 394 g/mol. The predicted molar refractivity (Wildman–Crippen MR) is 88.8 cm³/mol. The van der Waals surface area contributed by atoms with Crippen LogP contribution in [0.15, 0.2) is 18.2 Å². The summed E-state index contributed by atoms with van der Waals surface area (Å²) in [6.45, 7) is -0.250. The lowest BCUT2D eigenvalue weighted by Gasteiger charge is -2.16. The van der Waals surface area contributed by atoms with E-state index in [1.807, 2.05) is 0 Å². The summed E-state index contributed by atoms with van der Waals surface area (Å²) in [6.07, 6.45) is -0.836. The second kappa shape index (κ2) is 8.13. The summed E-state index contributed by atoms with van der Waals surface area (Å²) in [6, 6.07) is 3.69. The quantitative estimate of drug-likeness (QED) is 0.649. The van der Waals surface area contributed by atoms with Gasteiger partial charge in [-0.2, -0.15) is 0 Å². The Morgan fingerprint density at radius 1 is 1.18 bits per heavy atom. The van der Waals surface area contributed by atoms with Crippen molar-refractivity contribution in [2.45, 2.75) is 25.0 Å². The van der Waals surface area contributed by atoms with E-state index in [9.17, 15) is 19.2 Å². The molecule has 0 spiro atoms. The van der Waals surface area contributed by atoms with Gasteiger partial charge in [0.2, 0.25) is 6.10 Å². The summed E-state index contributed by atoms with van der Waals surface area (Å²) in [4.78, 5) is 57.7. The molecule has 2 amide bonds. The molecule has 2 fully saturated rings. The van der Waals surface area contributed by atoms with Crippen molar-refractivity contribution < 1.29 is 43.1 Å². The average Bonchev–Trinajstić information content (AvgIpc) is 3.28. The first-order chi connectivity index (χ1) is 13.4. The molecular weight excluding hydrogens is 376 g/mol. The molecule has 0 bridgehead atoms. The molecule has 2 saturated heterocycles. The van der Waals surface area contributed by atoms with E-state index in [0.29, 0.717) is 5.23 Å². The molecule has 2 atom stereocenters. The minimum absolute atomic E-state index is 0.0913. The minimum atomic E-state index is -1.10. The van der Waals surface area contributed by atoms with Gasteiger partial charge >= 0.3 is 17.8 Å². The third kappa shape index (κ3) is 3.83. The molecule has 0 aromatic heterocycles. The zero-order valence-corrected chi connectivity index (χ0v) is 15.1. The van der Waals surface area contributed by atoms with Crippen LogP contribution in [0.25, 0.3) is 0 Å². The minimum Gasteiger partial charge on any atom is -0.496 e. The molecule has 2 aliphatic heterocycles. The number of amides is 2. The number of benzene rings is 1. The summed E-state index contributed by atoms with van der Waals surface area (Å²) in [5.74, 6) is -2.36. The summed E-state index contributed by atoms with van der Waals surface area (Å²) in [5, 5.41) is 2.86. The van der Waals surface area contributed by atoms with E-state index in [2.05, 4.69) is 5.32 Å². The number of hydrogen-bond acceptors (Lipinski definition) is 9. The lowest BCUT2D eigenvalue weighted by Crippen LogP contribution is -2.43. The Bertz CT molecular complexity index is 788. The SMILES string of the molecule is COc1cccc(OC)c1C(=O)N[C@H]1CON(OC(=O)C2CCC(=O)O2)C1=O. The van der Waals surface area contributed by atoms with Crippen LogP contribution in [0.3, 0.4) is 0 Å². The molecule has 0 aliphatic carbocycles. The fraction of sp³-hybridized carbons (Fsp3) is 0.412. The van der Waals surface area contributed by atoms with Gasteiger partial charge in [-0.3, -0.25) is 14.4 Å². The van der Waals surface area contributed by atoms with Gasteiger partial charge in [-0.25, -0.2) is 9.63 Å². The summed E-state index contributed by atoms with van der Waals surface area (Å²) >= 11 is 0. The molecule has 1 unspecified atom stereocenters. The second-order valence-corrected chi connectivity index (χ2v) is 5.88. The van der Waals surface area contributed by atoms with E-state index in [-0.39, 0.29) is 36.5 Å². The lowest BCUT2D eigenvalue weighted by atomic mass is 10.1. The highest BCUT2D eigenvalue weighted by atomic mass is 17.0. The number of carbonyl (C=O) groups excluding carboxylic acids is 4. The number of carbonyl (C=O) groups is 4. The largest absolute Gasteiger partial charge is 0.496 e. The Kier molecular flexibility index (Phi) is 5.64. The third-order valence-electron chi connectivity index (χ3n) is 4.12. The topological polar surface area (TPSA) is 130 Å². The van der Waals surface area contributed by atoms with Crippen LogP contribution in [0.4, 0.5) is 0 Å².